The first-order chi connectivity index (χ1) is 8.00. The van der Waals surface area contributed by atoms with Crippen LogP contribution in [0.1, 0.15) is 5.69 Å². The van der Waals surface area contributed by atoms with Gasteiger partial charge >= 0.3 is 0 Å². The summed E-state index contributed by atoms with van der Waals surface area (Å²) in [4.78, 5) is 6.45. The second-order valence-electron chi connectivity index (χ2n) is 4.40. The highest BCUT2D eigenvalue weighted by Gasteiger charge is 2.10. The Morgan fingerprint density at radius 3 is 2.18 bits per heavy atom. The van der Waals surface area contributed by atoms with Crippen molar-refractivity contribution in [3.63, 3.8) is 0 Å². The number of nitrogens with zero attached hydrogens (tertiary/aromatic N) is 3. The Balaban J connectivity index is 2.43. The van der Waals surface area contributed by atoms with Crippen molar-refractivity contribution < 1.29 is 0 Å². The number of imidazole rings is 1. The van der Waals surface area contributed by atoms with Crippen LogP contribution in [-0.4, -0.2) is 23.6 Å². The Kier molecular flexibility index (Phi) is 2.79. The molecule has 0 aliphatic carbocycles. The smallest absolute Gasteiger partial charge is 0.200 e. The fraction of sp³-hybridized carbons (Fsp3) is 0.308. The summed E-state index contributed by atoms with van der Waals surface area (Å²) in [7, 11) is 5.98. The molecule has 2 rings (SSSR count). The molecule has 0 fully saturated rings. The zero-order chi connectivity index (χ0) is 12.6. The maximum absolute atomic E-state index is 5.80. The van der Waals surface area contributed by atoms with E-state index in [4.69, 9.17) is 5.73 Å². The van der Waals surface area contributed by atoms with E-state index in [2.05, 4.69) is 34.1 Å². The number of rotatable bonds is 2. The summed E-state index contributed by atoms with van der Waals surface area (Å²) >= 11 is 0. The van der Waals surface area contributed by atoms with Crippen LogP contribution in [0.25, 0.3) is 11.3 Å². The summed E-state index contributed by atoms with van der Waals surface area (Å²) < 4.78 is 1.90. The normalized spacial score (nSPS) is 10.6. The van der Waals surface area contributed by atoms with E-state index in [9.17, 15) is 0 Å². The summed E-state index contributed by atoms with van der Waals surface area (Å²) in [5, 5.41) is 0. The minimum absolute atomic E-state index is 0.550. The van der Waals surface area contributed by atoms with E-state index < -0.39 is 0 Å². The van der Waals surface area contributed by atoms with Gasteiger partial charge < -0.3 is 15.2 Å². The Morgan fingerprint density at radius 1 is 1.18 bits per heavy atom. The van der Waals surface area contributed by atoms with Gasteiger partial charge in [-0.2, -0.15) is 0 Å². The standard InChI is InChI=1S/C13H18N4/c1-9-12(15-13(14)17(9)4)10-5-7-11(8-6-10)16(2)3/h5-8H,1-4H3,(H2,14,15). The van der Waals surface area contributed by atoms with Crippen molar-refractivity contribution in [1.29, 1.82) is 0 Å². The predicted molar refractivity (Wildman–Crippen MR) is 72.1 cm³/mol. The van der Waals surface area contributed by atoms with Crippen LogP contribution >= 0.6 is 0 Å². The van der Waals surface area contributed by atoms with Gasteiger partial charge in [0.25, 0.3) is 0 Å². The van der Waals surface area contributed by atoms with Gasteiger partial charge in [0, 0.05) is 38.1 Å². The lowest BCUT2D eigenvalue weighted by Crippen LogP contribution is -2.07. The van der Waals surface area contributed by atoms with Gasteiger partial charge in [-0.15, -0.1) is 0 Å². The monoisotopic (exact) mass is 230 g/mol. The van der Waals surface area contributed by atoms with Crippen LogP contribution < -0.4 is 10.6 Å². The second kappa shape index (κ2) is 4.13. The Labute approximate surface area is 102 Å². The Morgan fingerprint density at radius 2 is 1.76 bits per heavy atom. The number of aromatic nitrogens is 2. The van der Waals surface area contributed by atoms with Crippen molar-refractivity contribution in [3.05, 3.63) is 30.0 Å². The molecule has 0 radical (unpaired) electrons. The number of benzene rings is 1. The number of anilines is 2. The Hall–Kier alpha value is -1.97. The van der Waals surface area contributed by atoms with E-state index in [-0.39, 0.29) is 0 Å². The maximum Gasteiger partial charge on any atom is 0.200 e. The molecule has 0 unspecified atom stereocenters. The van der Waals surface area contributed by atoms with Crippen LogP contribution in [0.2, 0.25) is 0 Å². The highest BCUT2D eigenvalue weighted by Crippen LogP contribution is 2.25. The quantitative estimate of drug-likeness (QED) is 0.858. The third-order valence-corrected chi connectivity index (χ3v) is 3.07. The summed E-state index contributed by atoms with van der Waals surface area (Å²) in [6, 6.07) is 8.31. The highest BCUT2D eigenvalue weighted by molar-refractivity contribution is 5.66. The summed E-state index contributed by atoms with van der Waals surface area (Å²) in [5.41, 5.74) is 10.1. The largest absolute Gasteiger partial charge is 0.378 e. The van der Waals surface area contributed by atoms with E-state index in [1.54, 1.807) is 0 Å². The molecule has 0 aliphatic rings. The van der Waals surface area contributed by atoms with Crippen molar-refractivity contribution in [2.45, 2.75) is 6.92 Å². The molecule has 0 spiro atoms. The molecular weight excluding hydrogens is 212 g/mol. The predicted octanol–water partition coefficient (Wildman–Crippen LogP) is 2.04. The number of nitrogens with two attached hydrogens (primary N) is 1. The lowest BCUT2D eigenvalue weighted by molar-refractivity contribution is 0.889. The van der Waals surface area contributed by atoms with Gasteiger partial charge in [0.1, 0.15) is 0 Å². The van der Waals surface area contributed by atoms with Crippen LogP contribution in [0.4, 0.5) is 11.6 Å². The van der Waals surface area contributed by atoms with E-state index >= 15 is 0 Å². The van der Waals surface area contributed by atoms with Gasteiger partial charge in [-0.1, -0.05) is 12.1 Å². The van der Waals surface area contributed by atoms with Crippen molar-refractivity contribution in [1.82, 2.24) is 9.55 Å². The summed E-state index contributed by atoms with van der Waals surface area (Å²) in [5.74, 6) is 0.550. The average molecular weight is 230 g/mol. The van der Waals surface area contributed by atoms with Crippen LogP contribution in [0.5, 0.6) is 0 Å². The zero-order valence-corrected chi connectivity index (χ0v) is 10.7. The summed E-state index contributed by atoms with van der Waals surface area (Å²) in [6.45, 7) is 2.03. The first kappa shape index (κ1) is 11.5. The number of nitrogen functional groups attached to an aromatic ring is 1. The molecule has 0 atom stereocenters. The van der Waals surface area contributed by atoms with Crippen molar-refractivity contribution in [2.75, 3.05) is 24.7 Å². The van der Waals surface area contributed by atoms with Crippen LogP contribution in [0, 0.1) is 6.92 Å². The van der Waals surface area contributed by atoms with Crippen LogP contribution in [-0.2, 0) is 7.05 Å². The molecule has 2 N–H and O–H groups in total. The van der Waals surface area contributed by atoms with Gasteiger partial charge in [0.2, 0.25) is 5.95 Å². The molecule has 1 aromatic heterocycles. The van der Waals surface area contributed by atoms with Gasteiger partial charge in [0.05, 0.1) is 5.69 Å². The molecule has 0 bridgehead atoms. The lowest BCUT2D eigenvalue weighted by Gasteiger charge is -2.12. The molecule has 1 heterocycles. The van der Waals surface area contributed by atoms with E-state index in [1.807, 2.05) is 32.6 Å². The average Bonchev–Trinajstić information content (AvgIpc) is 2.57. The zero-order valence-electron chi connectivity index (χ0n) is 10.7. The molecule has 2 aromatic rings. The SMILES string of the molecule is Cc1c(-c2ccc(N(C)C)cc2)nc(N)n1C. The molecular formula is C13H18N4. The fourth-order valence-electron chi connectivity index (χ4n) is 1.79. The maximum atomic E-state index is 5.80. The molecule has 1 aromatic carbocycles. The third-order valence-electron chi connectivity index (χ3n) is 3.07. The number of hydrogen-bond donors (Lipinski definition) is 1. The van der Waals surface area contributed by atoms with Gasteiger partial charge in [-0.25, -0.2) is 4.98 Å². The summed E-state index contributed by atoms with van der Waals surface area (Å²) in [6.07, 6.45) is 0. The minimum Gasteiger partial charge on any atom is -0.378 e. The van der Waals surface area contributed by atoms with E-state index in [1.165, 1.54) is 5.69 Å². The molecule has 90 valence electrons. The highest BCUT2D eigenvalue weighted by atomic mass is 15.1. The fourth-order valence-corrected chi connectivity index (χ4v) is 1.79. The molecule has 4 heteroatoms. The van der Waals surface area contributed by atoms with E-state index in [0.717, 1.165) is 17.0 Å². The number of hydrogen-bond acceptors (Lipinski definition) is 3. The molecule has 0 aliphatic heterocycles. The van der Waals surface area contributed by atoms with Gasteiger partial charge in [-0.05, 0) is 19.1 Å². The van der Waals surface area contributed by atoms with Crippen molar-refractivity contribution in [2.24, 2.45) is 7.05 Å². The van der Waals surface area contributed by atoms with Crippen LogP contribution in [0.3, 0.4) is 0 Å². The third kappa shape index (κ3) is 1.98. The van der Waals surface area contributed by atoms with Gasteiger partial charge in [-0.3, -0.25) is 0 Å². The molecule has 17 heavy (non-hydrogen) atoms. The lowest BCUT2D eigenvalue weighted by atomic mass is 10.1. The first-order valence-corrected chi connectivity index (χ1v) is 5.57. The van der Waals surface area contributed by atoms with E-state index in [0.29, 0.717) is 5.95 Å². The molecule has 0 saturated carbocycles. The second-order valence-corrected chi connectivity index (χ2v) is 4.40. The van der Waals surface area contributed by atoms with Crippen molar-refractivity contribution >= 4 is 11.6 Å². The first-order valence-electron chi connectivity index (χ1n) is 5.57. The molecule has 0 amide bonds. The molecule has 0 saturated heterocycles. The van der Waals surface area contributed by atoms with Crippen molar-refractivity contribution in [3.8, 4) is 11.3 Å². The van der Waals surface area contributed by atoms with Crippen LogP contribution in [0.15, 0.2) is 24.3 Å². The van der Waals surface area contributed by atoms with Gasteiger partial charge in [0.15, 0.2) is 0 Å². The molecule has 4 nitrogen and oxygen atoms in total. The Bertz CT molecular complexity index is 523. The topological polar surface area (TPSA) is 47.1 Å². The minimum atomic E-state index is 0.550.